The number of phenols is 1. The summed E-state index contributed by atoms with van der Waals surface area (Å²) in [4.78, 5) is 23.6. The fraction of sp³-hybridized carbons (Fsp3) is 0.333. The van der Waals surface area contributed by atoms with Crippen molar-refractivity contribution >= 4 is 11.9 Å². The maximum atomic E-state index is 12.0. The highest BCUT2D eigenvalue weighted by Crippen LogP contribution is 2.42. The summed E-state index contributed by atoms with van der Waals surface area (Å²) in [7, 11) is 1.51. The van der Waals surface area contributed by atoms with Gasteiger partial charge in [0.05, 0.1) is 25.6 Å². The Hall–Kier alpha value is -3.22. The number of hydrogen-bond acceptors (Lipinski definition) is 6. The number of esters is 1. The van der Waals surface area contributed by atoms with Crippen LogP contribution in [0, 0.1) is 6.92 Å². The Labute approximate surface area is 162 Å². The summed E-state index contributed by atoms with van der Waals surface area (Å²) in [5, 5.41) is 20.1. The molecule has 2 aromatic rings. The molecule has 28 heavy (non-hydrogen) atoms. The molecule has 1 aliphatic heterocycles. The highest BCUT2D eigenvalue weighted by Gasteiger charge is 2.32. The van der Waals surface area contributed by atoms with Gasteiger partial charge in [0.15, 0.2) is 0 Å². The summed E-state index contributed by atoms with van der Waals surface area (Å²) >= 11 is 0. The molecule has 0 bridgehead atoms. The van der Waals surface area contributed by atoms with E-state index in [0.717, 1.165) is 11.1 Å². The van der Waals surface area contributed by atoms with E-state index < -0.39 is 17.9 Å². The number of carbonyl (C=O) groups is 2. The molecule has 0 aliphatic carbocycles. The second-order valence-corrected chi connectivity index (χ2v) is 6.82. The molecule has 7 heteroatoms. The van der Waals surface area contributed by atoms with Crippen molar-refractivity contribution in [1.82, 2.24) is 0 Å². The Bertz CT molecular complexity index is 938. The van der Waals surface area contributed by atoms with Crippen LogP contribution in [0.25, 0.3) is 0 Å². The van der Waals surface area contributed by atoms with Crippen LogP contribution >= 0.6 is 0 Å². The number of aromatic hydroxyl groups is 1. The normalized spacial score (nSPS) is 14.5. The van der Waals surface area contributed by atoms with Crippen molar-refractivity contribution in [1.29, 1.82) is 0 Å². The molecule has 3 rings (SSSR count). The summed E-state index contributed by atoms with van der Waals surface area (Å²) < 4.78 is 15.5. The number of methoxy groups -OCH3 is 1. The molecule has 1 aliphatic rings. The maximum absolute atomic E-state index is 12.0. The number of carbonyl (C=O) groups excluding carboxylic acids is 1. The summed E-state index contributed by atoms with van der Waals surface area (Å²) in [6.45, 7) is 3.76. The predicted molar refractivity (Wildman–Crippen MR) is 99.7 cm³/mol. The molecule has 0 amide bonds. The fourth-order valence-electron chi connectivity index (χ4n) is 3.53. The van der Waals surface area contributed by atoms with Crippen LogP contribution in [0.3, 0.4) is 0 Å². The first-order chi connectivity index (χ1) is 13.3. The average Bonchev–Trinajstić information content (AvgIpc) is 3.31. The van der Waals surface area contributed by atoms with E-state index in [0.29, 0.717) is 35.3 Å². The van der Waals surface area contributed by atoms with Gasteiger partial charge < -0.3 is 24.1 Å². The van der Waals surface area contributed by atoms with E-state index in [1.165, 1.54) is 19.6 Å². The lowest BCUT2D eigenvalue weighted by atomic mass is 9.92. The van der Waals surface area contributed by atoms with Gasteiger partial charge in [0.25, 0.3) is 0 Å². The molecule has 1 atom stereocenters. The van der Waals surface area contributed by atoms with E-state index in [1.807, 2.05) is 19.9 Å². The van der Waals surface area contributed by atoms with Crippen LogP contribution < -0.4 is 4.74 Å². The van der Waals surface area contributed by atoms with Gasteiger partial charge in [-0.15, -0.1) is 0 Å². The van der Waals surface area contributed by atoms with E-state index >= 15 is 0 Å². The van der Waals surface area contributed by atoms with E-state index in [9.17, 15) is 19.8 Å². The third kappa shape index (κ3) is 3.47. The second kappa shape index (κ2) is 7.80. The van der Waals surface area contributed by atoms with Gasteiger partial charge in [-0.25, -0.2) is 4.79 Å². The van der Waals surface area contributed by atoms with Gasteiger partial charge >= 0.3 is 11.9 Å². The van der Waals surface area contributed by atoms with E-state index in [4.69, 9.17) is 13.9 Å². The smallest absolute Gasteiger partial charge is 0.342 e. The Morgan fingerprint density at radius 1 is 1.43 bits per heavy atom. The minimum Gasteiger partial charge on any atom is -0.507 e. The zero-order valence-corrected chi connectivity index (χ0v) is 15.9. The first-order valence-electron chi connectivity index (χ1n) is 8.84. The average molecular weight is 386 g/mol. The molecular weight excluding hydrogens is 364 g/mol. The summed E-state index contributed by atoms with van der Waals surface area (Å²) in [5.41, 5.74) is 3.47. The van der Waals surface area contributed by atoms with Crippen molar-refractivity contribution in [2.24, 2.45) is 0 Å². The van der Waals surface area contributed by atoms with E-state index in [1.54, 1.807) is 6.07 Å². The van der Waals surface area contributed by atoms with Gasteiger partial charge in [0.1, 0.15) is 23.7 Å². The number of cyclic esters (lactones) is 1. The van der Waals surface area contributed by atoms with E-state index in [2.05, 4.69) is 0 Å². The lowest BCUT2D eigenvalue weighted by molar-refractivity contribution is -0.138. The number of ether oxygens (including phenoxy) is 2. The number of carboxylic acid groups (broad SMARTS) is 1. The Morgan fingerprint density at radius 3 is 2.79 bits per heavy atom. The van der Waals surface area contributed by atoms with Crippen molar-refractivity contribution in [3.8, 4) is 11.5 Å². The molecule has 0 spiro atoms. The zero-order chi connectivity index (χ0) is 20.4. The molecule has 0 saturated carbocycles. The largest absolute Gasteiger partial charge is 0.507 e. The molecule has 0 fully saturated rings. The summed E-state index contributed by atoms with van der Waals surface area (Å²) in [6.07, 6.45) is 5.29. The van der Waals surface area contributed by atoms with Gasteiger partial charge in [-0.2, -0.15) is 0 Å². The molecule has 2 N–H and O–H groups in total. The Balaban J connectivity index is 1.89. The number of furan rings is 1. The minimum absolute atomic E-state index is 0.115. The standard InChI is InChI=1S/C21H22O7/c1-11(8-15(20(23)24)13-6-7-27-9-13)4-5-14-18(22)17-16(10-28-21(17)25)12(2)19(14)26-3/h4,6-7,9,15,22H,5,8,10H2,1-3H3,(H,23,24)/b11-4+. The minimum atomic E-state index is -0.939. The number of rotatable bonds is 7. The van der Waals surface area contributed by atoms with Gasteiger partial charge in [-0.3, -0.25) is 4.79 Å². The number of allylic oxidation sites excluding steroid dienone is 2. The first kappa shape index (κ1) is 19.5. The molecule has 1 aromatic carbocycles. The van der Waals surface area contributed by atoms with Crippen molar-refractivity contribution < 1.29 is 33.7 Å². The number of benzene rings is 1. The number of phenolic OH excluding ortho intramolecular Hbond substituents is 1. The van der Waals surface area contributed by atoms with Crippen LogP contribution in [0.15, 0.2) is 34.7 Å². The SMILES string of the molecule is COc1c(C)c2c(c(O)c1C/C=C(\C)CC(C(=O)O)c1ccoc1)C(=O)OC2. The first-order valence-corrected chi connectivity index (χ1v) is 8.84. The van der Waals surface area contributed by atoms with Crippen LogP contribution in [-0.4, -0.2) is 29.3 Å². The molecule has 0 saturated heterocycles. The van der Waals surface area contributed by atoms with Crippen molar-refractivity contribution in [3.63, 3.8) is 0 Å². The third-order valence-electron chi connectivity index (χ3n) is 5.07. The molecule has 1 aromatic heterocycles. The fourth-order valence-corrected chi connectivity index (χ4v) is 3.53. The van der Waals surface area contributed by atoms with Crippen molar-refractivity contribution in [3.05, 3.63) is 58.1 Å². The van der Waals surface area contributed by atoms with Gasteiger partial charge in [-0.1, -0.05) is 11.6 Å². The van der Waals surface area contributed by atoms with Gasteiger partial charge in [0, 0.05) is 16.7 Å². The molecule has 1 unspecified atom stereocenters. The number of fused-ring (bicyclic) bond motifs is 1. The van der Waals surface area contributed by atoms with Crippen molar-refractivity contribution in [2.75, 3.05) is 7.11 Å². The van der Waals surface area contributed by atoms with Crippen molar-refractivity contribution in [2.45, 2.75) is 39.2 Å². The summed E-state index contributed by atoms with van der Waals surface area (Å²) in [5.74, 6) is -1.85. The highest BCUT2D eigenvalue weighted by atomic mass is 16.5. The Morgan fingerprint density at radius 2 is 2.18 bits per heavy atom. The van der Waals surface area contributed by atoms with Crippen LogP contribution in [0.5, 0.6) is 11.5 Å². The summed E-state index contributed by atoms with van der Waals surface area (Å²) in [6, 6.07) is 1.64. The van der Waals surface area contributed by atoms with Crippen LogP contribution in [0.1, 0.15) is 51.9 Å². The Kier molecular flexibility index (Phi) is 5.44. The molecular formula is C21H22O7. The highest BCUT2D eigenvalue weighted by molar-refractivity contribution is 5.98. The molecule has 0 radical (unpaired) electrons. The lowest BCUT2D eigenvalue weighted by Crippen LogP contribution is -2.11. The van der Waals surface area contributed by atoms with E-state index in [-0.39, 0.29) is 17.9 Å². The number of hydrogen-bond donors (Lipinski definition) is 2. The number of carboxylic acids is 1. The van der Waals surface area contributed by atoms with Gasteiger partial charge in [-0.05, 0) is 38.3 Å². The monoisotopic (exact) mass is 386 g/mol. The lowest BCUT2D eigenvalue weighted by Gasteiger charge is -2.16. The zero-order valence-electron chi connectivity index (χ0n) is 15.9. The molecule has 2 heterocycles. The van der Waals surface area contributed by atoms with Crippen LogP contribution in [-0.2, 0) is 22.6 Å². The molecule has 7 nitrogen and oxygen atoms in total. The van der Waals surface area contributed by atoms with Crippen LogP contribution in [0.4, 0.5) is 0 Å². The maximum Gasteiger partial charge on any atom is 0.342 e. The number of aliphatic carboxylic acids is 1. The third-order valence-corrected chi connectivity index (χ3v) is 5.07. The molecule has 148 valence electrons. The second-order valence-electron chi connectivity index (χ2n) is 6.82. The predicted octanol–water partition coefficient (Wildman–Crippen LogP) is 3.72. The topological polar surface area (TPSA) is 106 Å². The van der Waals surface area contributed by atoms with Crippen LogP contribution in [0.2, 0.25) is 0 Å². The van der Waals surface area contributed by atoms with Gasteiger partial charge in [0.2, 0.25) is 0 Å². The quantitative estimate of drug-likeness (QED) is 0.552.